The summed E-state index contributed by atoms with van der Waals surface area (Å²) in [6.45, 7) is 0. The van der Waals surface area contributed by atoms with Crippen molar-refractivity contribution in [2.24, 2.45) is 0 Å². The van der Waals surface area contributed by atoms with E-state index in [1.54, 1.807) is 12.1 Å². The predicted molar refractivity (Wildman–Crippen MR) is 97.5 cm³/mol. The highest BCUT2D eigenvalue weighted by atomic mass is 32.1. The summed E-state index contributed by atoms with van der Waals surface area (Å²) in [4.78, 5) is 4.28. The number of rotatable bonds is 4. The molecular weight excluding hydrogens is 380 g/mol. The zero-order chi connectivity index (χ0) is 19.4. The Kier molecular flexibility index (Phi) is 5.36. The molecule has 0 fully saturated rings. The molecule has 0 atom stereocenters. The first-order valence-corrected chi connectivity index (χ1v) is 8.11. The predicted octanol–water partition coefficient (Wildman–Crippen LogP) is 5.82. The summed E-state index contributed by atoms with van der Waals surface area (Å²) in [5.74, 6) is -0.354. The molecule has 0 amide bonds. The topological polar surface area (TPSA) is 34.2 Å². The number of halogens is 4. The summed E-state index contributed by atoms with van der Waals surface area (Å²) >= 11 is 5.32. The van der Waals surface area contributed by atoms with E-state index in [1.165, 1.54) is 42.6 Å². The molecule has 1 heterocycles. The fourth-order valence-corrected chi connectivity index (χ4v) is 2.50. The molecule has 0 aliphatic carbocycles. The van der Waals surface area contributed by atoms with Gasteiger partial charge in [0, 0.05) is 11.9 Å². The smallest absolute Gasteiger partial charge is 0.416 e. The summed E-state index contributed by atoms with van der Waals surface area (Å²) in [5, 5.41) is 2.91. The highest BCUT2D eigenvalue weighted by molar-refractivity contribution is 7.81. The van der Waals surface area contributed by atoms with Crippen LogP contribution in [0.2, 0.25) is 0 Å². The molecule has 27 heavy (non-hydrogen) atoms. The number of anilines is 1. The third-order valence-corrected chi connectivity index (χ3v) is 3.82. The van der Waals surface area contributed by atoms with Crippen LogP contribution in [0.25, 0.3) is 0 Å². The second kappa shape index (κ2) is 7.71. The molecule has 0 saturated carbocycles. The lowest BCUT2D eigenvalue weighted by Gasteiger charge is -2.13. The monoisotopic (exact) mass is 392 g/mol. The molecule has 8 heteroatoms. The largest absolute Gasteiger partial charge is 0.438 e. The van der Waals surface area contributed by atoms with E-state index in [4.69, 9.17) is 17.0 Å². The van der Waals surface area contributed by atoms with Gasteiger partial charge in [-0.05, 0) is 54.6 Å². The molecule has 1 N–H and O–H groups in total. The number of pyridine rings is 1. The normalized spacial score (nSPS) is 11.1. The van der Waals surface area contributed by atoms with Crippen LogP contribution in [-0.4, -0.2) is 9.97 Å². The second-order valence-corrected chi connectivity index (χ2v) is 5.85. The molecule has 0 aliphatic heterocycles. The Morgan fingerprint density at radius 1 is 1.00 bits per heavy atom. The van der Waals surface area contributed by atoms with Gasteiger partial charge < -0.3 is 10.1 Å². The van der Waals surface area contributed by atoms with E-state index in [0.717, 1.165) is 12.1 Å². The highest BCUT2D eigenvalue weighted by Crippen LogP contribution is 2.33. The van der Waals surface area contributed by atoms with Crippen LogP contribution in [0.4, 0.5) is 23.2 Å². The number of alkyl halides is 3. The van der Waals surface area contributed by atoms with Crippen molar-refractivity contribution in [3.05, 3.63) is 83.8 Å². The first kappa shape index (κ1) is 18.8. The quantitative estimate of drug-likeness (QED) is 0.448. The average Bonchev–Trinajstić information content (AvgIpc) is 2.63. The summed E-state index contributed by atoms with van der Waals surface area (Å²) < 4.78 is 57.1. The van der Waals surface area contributed by atoms with Crippen LogP contribution in [0.3, 0.4) is 0 Å². The van der Waals surface area contributed by atoms with E-state index in [9.17, 15) is 17.6 Å². The van der Waals surface area contributed by atoms with Crippen molar-refractivity contribution >= 4 is 22.9 Å². The van der Waals surface area contributed by atoms with Gasteiger partial charge in [0.1, 0.15) is 16.6 Å². The lowest BCUT2D eigenvalue weighted by atomic mass is 10.2. The standard InChI is InChI=1S/C19H12F4N2OS/c20-13-6-8-14(9-7-13)25-18(27)16-5-2-10-24-17(16)26-15-4-1-3-12(11-15)19(21,22)23/h1-11H,(H,25,27). The van der Waals surface area contributed by atoms with Crippen molar-refractivity contribution in [2.75, 3.05) is 5.32 Å². The Labute approximate surface area is 157 Å². The molecule has 3 aromatic rings. The Balaban J connectivity index is 1.84. The molecule has 3 nitrogen and oxygen atoms in total. The number of nitrogens with one attached hydrogen (secondary N) is 1. The van der Waals surface area contributed by atoms with Gasteiger partial charge in [0.15, 0.2) is 0 Å². The van der Waals surface area contributed by atoms with E-state index in [1.807, 2.05) is 0 Å². The zero-order valence-corrected chi connectivity index (χ0v) is 14.4. The molecular formula is C19H12F4N2OS. The first-order valence-electron chi connectivity index (χ1n) is 7.70. The van der Waals surface area contributed by atoms with Crippen LogP contribution in [0, 0.1) is 5.82 Å². The van der Waals surface area contributed by atoms with Gasteiger partial charge in [-0.1, -0.05) is 18.3 Å². The second-order valence-electron chi connectivity index (χ2n) is 5.44. The van der Waals surface area contributed by atoms with Crippen molar-refractivity contribution in [1.82, 2.24) is 4.98 Å². The molecule has 0 unspecified atom stereocenters. The maximum absolute atomic E-state index is 13.0. The van der Waals surface area contributed by atoms with Crippen LogP contribution in [0.5, 0.6) is 11.6 Å². The Morgan fingerprint density at radius 2 is 1.74 bits per heavy atom. The minimum atomic E-state index is -4.48. The number of thiocarbonyl (C=S) groups is 1. The average molecular weight is 392 g/mol. The Bertz CT molecular complexity index is 958. The number of hydrogen-bond donors (Lipinski definition) is 1. The third-order valence-electron chi connectivity index (χ3n) is 3.49. The molecule has 0 aliphatic rings. The van der Waals surface area contributed by atoms with Gasteiger partial charge in [-0.25, -0.2) is 9.37 Å². The molecule has 2 aromatic carbocycles. The maximum atomic E-state index is 13.0. The van der Waals surface area contributed by atoms with Gasteiger partial charge in [-0.3, -0.25) is 0 Å². The van der Waals surface area contributed by atoms with Crippen molar-refractivity contribution in [2.45, 2.75) is 6.18 Å². The lowest BCUT2D eigenvalue weighted by molar-refractivity contribution is -0.137. The summed E-state index contributed by atoms with van der Waals surface area (Å²) in [7, 11) is 0. The lowest BCUT2D eigenvalue weighted by Crippen LogP contribution is -2.12. The summed E-state index contributed by atoms with van der Waals surface area (Å²) in [5.41, 5.74) is 0.106. The van der Waals surface area contributed by atoms with Crippen LogP contribution in [0.1, 0.15) is 11.1 Å². The molecule has 3 rings (SSSR count). The molecule has 0 spiro atoms. The minimum Gasteiger partial charge on any atom is -0.438 e. The number of ether oxygens (including phenoxy) is 1. The SMILES string of the molecule is Fc1ccc(NC(=S)c2cccnc2Oc2cccc(C(F)(F)F)c2)cc1. The highest BCUT2D eigenvalue weighted by Gasteiger charge is 2.30. The Hall–Kier alpha value is -3.00. The van der Waals surface area contributed by atoms with Gasteiger partial charge >= 0.3 is 6.18 Å². The fraction of sp³-hybridized carbons (Fsp3) is 0.0526. The van der Waals surface area contributed by atoms with Crippen LogP contribution in [0.15, 0.2) is 66.9 Å². The number of nitrogens with zero attached hydrogens (tertiary/aromatic N) is 1. The van der Waals surface area contributed by atoms with E-state index in [2.05, 4.69) is 10.3 Å². The van der Waals surface area contributed by atoms with Crippen molar-refractivity contribution in [1.29, 1.82) is 0 Å². The first-order chi connectivity index (χ1) is 12.8. The van der Waals surface area contributed by atoms with Gasteiger partial charge in [0.05, 0.1) is 11.1 Å². The van der Waals surface area contributed by atoms with Gasteiger partial charge in [0.2, 0.25) is 5.88 Å². The molecule has 1 aromatic heterocycles. The van der Waals surface area contributed by atoms with Gasteiger partial charge in [-0.15, -0.1) is 0 Å². The maximum Gasteiger partial charge on any atom is 0.416 e. The van der Waals surface area contributed by atoms with E-state index in [0.29, 0.717) is 11.3 Å². The zero-order valence-electron chi connectivity index (χ0n) is 13.6. The molecule has 138 valence electrons. The van der Waals surface area contributed by atoms with Crippen molar-refractivity contribution < 1.29 is 22.3 Å². The summed E-state index contributed by atoms with van der Waals surface area (Å²) in [6.07, 6.45) is -3.04. The fourth-order valence-electron chi connectivity index (χ4n) is 2.22. The van der Waals surface area contributed by atoms with Gasteiger partial charge in [-0.2, -0.15) is 13.2 Å². The van der Waals surface area contributed by atoms with E-state index in [-0.39, 0.29) is 22.4 Å². The van der Waals surface area contributed by atoms with Crippen molar-refractivity contribution in [3.8, 4) is 11.6 Å². The van der Waals surface area contributed by atoms with Gasteiger partial charge in [0.25, 0.3) is 0 Å². The Morgan fingerprint density at radius 3 is 2.44 bits per heavy atom. The number of benzene rings is 2. The minimum absolute atomic E-state index is 0.0191. The number of aromatic nitrogens is 1. The van der Waals surface area contributed by atoms with Crippen LogP contribution >= 0.6 is 12.2 Å². The molecule has 0 radical (unpaired) electrons. The van der Waals surface area contributed by atoms with Crippen LogP contribution in [-0.2, 0) is 6.18 Å². The van der Waals surface area contributed by atoms with Crippen LogP contribution < -0.4 is 10.1 Å². The number of hydrogen-bond acceptors (Lipinski definition) is 3. The summed E-state index contributed by atoms with van der Waals surface area (Å²) in [6, 6.07) is 13.3. The molecule has 0 saturated heterocycles. The van der Waals surface area contributed by atoms with Crippen molar-refractivity contribution in [3.63, 3.8) is 0 Å². The van der Waals surface area contributed by atoms with E-state index < -0.39 is 11.7 Å². The third kappa shape index (κ3) is 4.79. The molecule has 0 bridgehead atoms. The van der Waals surface area contributed by atoms with E-state index >= 15 is 0 Å².